The third kappa shape index (κ3) is 5.78. The molecule has 1 N–H and O–H groups in total. The Morgan fingerprint density at radius 3 is 2.23 bits per heavy atom. The minimum atomic E-state index is -5.19. The van der Waals surface area contributed by atoms with Gasteiger partial charge < -0.3 is 10.1 Å². The topological polar surface area (TPSA) is 75.7 Å². The Hall–Kier alpha value is -3.01. The summed E-state index contributed by atoms with van der Waals surface area (Å²) in [5.74, 6) is -2.83. The fraction of sp³-hybridized carbons (Fsp3) is 0.286. The van der Waals surface area contributed by atoms with Gasteiger partial charge in [0.1, 0.15) is 12.6 Å². The fourth-order valence-corrected chi connectivity index (χ4v) is 4.33. The molecule has 0 aliphatic carbocycles. The Balaban J connectivity index is 1.95. The van der Waals surface area contributed by atoms with E-state index in [1.54, 1.807) is 35.6 Å². The van der Waals surface area contributed by atoms with Crippen molar-refractivity contribution in [3.05, 3.63) is 71.8 Å². The van der Waals surface area contributed by atoms with E-state index in [4.69, 9.17) is 4.74 Å². The second-order valence-corrected chi connectivity index (χ2v) is 7.81. The standard InChI is InChI=1S/C21H19F3N2O4S/c22-21(23,24)19(28)25-16(18(27)26-11-12-30-20(26)29)17(15-9-5-2-6-10-15)31-13-14-7-3-1-4-8-14/h1-10,16-17H,11-13H2,(H,25,28)/t16-,17-/m1/s1. The molecule has 164 valence electrons. The summed E-state index contributed by atoms with van der Waals surface area (Å²) in [4.78, 5) is 37.4. The molecule has 0 saturated carbocycles. The minimum Gasteiger partial charge on any atom is -0.447 e. The highest BCUT2D eigenvalue weighted by molar-refractivity contribution is 7.98. The molecular formula is C21H19F3N2O4S. The predicted octanol–water partition coefficient (Wildman–Crippen LogP) is 3.69. The van der Waals surface area contributed by atoms with Crippen LogP contribution in [-0.4, -0.2) is 48.2 Å². The van der Waals surface area contributed by atoms with Crippen LogP contribution in [0, 0.1) is 0 Å². The number of rotatable bonds is 7. The average molecular weight is 452 g/mol. The third-order valence-corrected chi connectivity index (χ3v) is 5.94. The van der Waals surface area contributed by atoms with Crippen LogP contribution in [0.4, 0.5) is 18.0 Å². The summed E-state index contributed by atoms with van der Waals surface area (Å²) < 4.78 is 43.8. The van der Waals surface area contributed by atoms with E-state index in [1.807, 2.05) is 30.3 Å². The van der Waals surface area contributed by atoms with Gasteiger partial charge in [0.05, 0.1) is 11.8 Å². The lowest BCUT2D eigenvalue weighted by Gasteiger charge is -2.29. The maximum atomic E-state index is 13.1. The molecule has 31 heavy (non-hydrogen) atoms. The first-order valence-electron chi connectivity index (χ1n) is 9.33. The second kappa shape index (κ2) is 9.86. The van der Waals surface area contributed by atoms with Crippen molar-refractivity contribution in [2.24, 2.45) is 0 Å². The highest BCUT2D eigenvalue weighted by Gasteiger charge is 2.45. The Morgan fingerprint density at radius 1 is 1.06 bits per heavy atom. The Kier molecular flexibility index (Phi) is 7.21. The number of thioether (sulfide) groups is 1. The maximum Gasteiger partial charge on any atom is 0.471 e. The third-order valence-electron chi connectivity index (χ3n) is 4.54. The van der Waals surface area contributed by atoms with Crippen LogP contribution in [0.2, 0.25) is 0 Å². The molecule has 1 aliphatic heterocycles. The number of hydrogen-bond acceptors (Lipinski definition) is 5. The number of benzene rings is 2. The minimum absolute atomic E-state index is 0.0579. The monoisotopic (exact) mass is 452 g/mol. The van der Waals surface area contributed by atoms with Crippen molar-refractivity contribution in [3.8, 4) is 0 Å². The van der Waals surface area contributed by atoms with Crippen LogP contribution in [0.1, 0.15) is 16.4 Å². The van der Waals surface area contributed by atoms with E-state index in [0.717, 1.165) is 10.5 Å². The predicted molar refractivity (Wildman–Crippen MR) is 108 cm³/mol. The molecule has 0 bridgehead atoms. The Labute approximate surface area is 180 Å². The van der Waals surface area contributed by atoms with Crippen LogP contribution >= 0.6 is 11.8 Å². The van der Waals surface area contributed by atoms with Gasteiger partial charge in [0.25, 0.3) is 5.91 Å². The number of imide groups is 1. The first-order chi connectivity index (χ1) is 14.8. The van der Waals surface area contributed by atoms with Crippen LogP contribution in [0.5, 0.6) is 0 Å². The lowest BCUT2D eigenvalue weighted by atomic mass is 10.0. The average Bonchev–Trinajstić information content (AvgIpc) is 3.19. The van der Waals surface area contributed by atoms with Crippen molar-refractivity contribution in [2.45, 2.75) is 23.2 Å². The van der Waals surface area contributed by atoms with Crippen molar-refractivity contribution in [1.82, 2.24) is 10.2 Å². The molecule has 0 spiro atoms. The van der Waals surface area contributed by atoms with Crippen LogP contribution in [0.25, 0.3) is 0 Å². The summed E-state index contributed by atoms with van der Waals surface area (Å²) in [6, 6.07) is 15.9. The number of ether oxygens (including phenoxy) is 1. The molecule has 0 unspecified atom stereocenters. The smallest absolute Gasteiger partial charge is 0.447 e. The zero-order valence-corrected chi connectivity index (χ0v) is 17.0. The Bertz CT molecular complexity index is 925. The van der Waals surface area contributed by atoms with Crippen molar-refractivity contribution in [3.63, 3.8) is 0 Å². The summed E-state index contributed by atoms with van der Waals surface area (Å²) in [7, 11) is 0. The van der Waals surface area contributed by atoms with E-state index in [0.29, 0.717) is 11.3 Å². The molecule has 0 radical (unpaired) electrons. The summed E-state index contributed by atoms with van der Waals surface area (Å²) >= 11 is 1.20. The number of alkyl halides is 3. The van der Waals surface area contributed by atoms with Crippen molar-refractivity contribution in [2.75, 3.05) is 13.2 Å². The number of nitrogens with one attached hydrogen (secondary N) is 1. The van der Waals surface area contributed by atoms with Crippen molar-refractivity contribution < 1.29 is 32.3 Å². The number of nitrogens with zero attached hydrogens (tertiary/aromatic N) is 1. The quantitative estimate of drug-likeness (QED) is 0.694. The van der Waals surface area contributed by atoms with Gasteiger partial charge in [0.15, 0.2) is 0 Å². The maximum absolute atomic E-state index is 13.1. The molecule has 1 aliphatic rings. The molecule has 2 aromatic carbocycles. The lowest BCUT2D eigenvalue weighted by Crippen LogP contribution is -2.54. The number of cyclic esters (lactones) is 1. The summed E-state index contributed by atoms with van der Waals surface area (Å²) in [5.41, 5.74) is 1.43. The zero-order chi connectivity index (χ0) is 22.4. The van der Waals surface area contributed by atoms with Gasteiger partial charge in [0.2, 0.25) is 0 Å². The SMILES string of the molecule is O=C1OCCN1C(=O)[C@H](NC(=O)C(F)(F)F)[C@H](SCc1ccccc1)c1ccccc1. The highest BCUT2D eigenvalue weighted by Crippen LogP contribution is 2.36. The van der Waals surface area contributed by atoms with E-state index < -0.39 is 35.4 Å². The number of halogens is 3. The molecule has 0 aromatic heterocycles. The van der Waals surface area contributed by atoms with E-state index in [1.165, 1.54) is 11.8 Å². The fourth-order valence-electron chi connectivity index (χ4n) is 3.04. The van der Waals surface area contributed by atoms with Gasteiger partial charge in [-0.3, -0.25) is 9.59 Å². The molecule has 1 fully saturated rings. The molecular weight excluding hydrogens is 433 g/mol. The van der Waals surface area contributed by atoms with Gasteiger partial charge in [-0.25, -0.2) is 9.69 Å². The zero-order valence-electron chi connectivity index (χ0n) is 16.2. The second-order valence-electron chi connectivity index (χ2n) is 6.68. The largest absolute Gasteiger partial charge is 0.471 e. The molecule has 6 nitrogen and oxygen atoms in total. The number of amides is 3. The van der Waals surface area contributed by atoms with Gasteiger partial charge in [-0.1, -0.05) is 60.7 Å². The number of carbonyl (C=O) groups is 3. The molecule has 10 heteroatoms. The number of hydrogen-bond donors (Lipinski definition) is 1. The first kappa shape index (κ1) is 22.7. The molecule has 2 atom stereocenters. The van der Waals surface area contributed by atoms with E-state index in [-0.39, 0.29) is 13.2 Å². The summed E-state index contributed by atoms with van der Waals surface area (Å²) in [6.45, 7) is -0.154. The van der Waals surface area contributed by atoms with E-state index in [2.05, 4.69) is 0 Å². The van der Waals surface area contributed by atoms with Crippen molar-refractivity contribution in [1.29, 1.82) is 0 Å². The molecule has 3 amide bonds. The highest BCUT2D eigenvalue weighted by atomic mass is 32.2. The normalized spacial score (nSPS) is 15.8. The van der Waals surface area contributed by atoms with Crippen LogP contribution < -0.4 is 5.32 Å². The molecule has 1 heterocycles. The Morgan fingerprint density at radius 2 is 1.68 bits per heavy atom. The summed E-state index contributed by atoms with van der Waals surface area (Å²) in [5, 5.41) is 0.924. The first-order valence-corrected chi connectivity index (χ1v) is 10.4. The van der Waals surface area contributed by atoms with Gasteiger partial charge in [-0.2, -0.15) is 13.2 Å². The lowest BCUT2D eigenvalue weighted by molar-refractivity contribution is -0.175. The summed E-state index contributed by atoms with van der Waals surface area (Å²) in [6.07, 6.45) is -6.13. The van der Waals surface area contributed by atoms with Gasteiger partial charge in [-0.05, 0) is 11.1 Å². The molecule has 1 saturated heterocycles. The van der Waals surface area contributed by atoms with Crippen LogP contribution in [-0.2, 0) is 20.1 Å². The molecule has 2 aromatic rings. The van der Waals surface area contributed by atoms with Gasteiger partial charge in [-0.15, -0.1) is 11.8 Å². The van der Waals surface area contributed by atoms with Gasteiger partial charge >= 0.3 is 18.2 Å². The van der Waals surface area contributed by atoms with Gasteiger partial charge in [0, 0.05) is 5.75 Å². The van der Waals surface area contributed by atoms with Crippen LogP contribution in [0.3, 0.4) is 0 Å². The van der Waals surface area contributed by atoms with E-state index >= 15 is 0 Å². The van der Waals surface area contributed by atoms with Crippen molar-refractivity contribution >= 4 is 29.7 Å². The van der Waals surface area contributed by atoms with E-state index in [9.17, 15) is 27.6 Å². The number of carbonyl (C=O) groups excluding carboxylic acids is 3. The molecule has 3 rings (SSSR count). The van der Waals surface area contributed by atoms with Crippen LogP contribution in [0.15, 0.2) is 60.7 Å².